The van der Waals surface area contributed by atoms with Gasteiger partial charge in [0.2, 0.25) is 5.12 Å². The average Bonchev–Trinajstić information content (AvgIpc) is 2.30. The average molecular weight is 236 g/mol. The summed E-state index contributed by atoms with van der Waals surface area (Å²) in [6, 6.07) is 8.79. The fraction of sp³-hybridized carbons (Fsp3) is 0.167. The second kappa shape index (κ2) is 6.12. The Balaban J connectivity index is 2.53. The van der Waals surface area contributed by atoms with E-state index in [4.69, 9.17) is 5.11 Å². The van der Waals surface area contributed by atoms with E-state index in [2.05, 4.69) is 6.58 Å². The van der Waals surface area contributed by atoms with Gasteiger partial charge in [-0.05, 0) is 0 Å². The third-order valence-corrected chi connectivity index (χ3v) is 3.03. The molecule has 0 radical (unpaired) electrons. The molecule has 0 saturated carbocycles. The number of carbonyl (C=O) groups excluding carboxylic acids is 1. The molecule has 0 aliphatic heterocycles. The van der Waals surface area contributed by atoms with Crippen LogP contribution in [-0.4, -0.2) is 21.9 Å². The number of benzene rings is 1. The van der Waals surface area contributed by atoms with Crippen LogP contribution in [-0.2, 0) is 4.79 Å². The summed E-state index contributed by atoms with van der Waals surface area (Å²) in [7, 11) is 0. The van der Waals surface area contributed by atoms with Gasteiger partial charge in [0.15, 0.2) is 0 Å². The molecule has 0 heterocycles. The van der Waals surface area contributed by atoms with Crippen molar-refractivity contribution in [2.75, 3.05) is 5.75 Å². The molecule has 0 aromatic heterocycles. The van der Waals surface area contributed by atoms with Crippen LogP contribution in [0.5, 0.6) is 0 Å². The van der Waals surface area contributed by atoms with Crippen LogP contribution in [0.3, 0.4) is 0 Å². The van der Waals surface area contributed by atoms with Crippen molar-refractivity contribution in [2.24, 2.45) is 5.92 Å². The predicted octanol–water partition coefficient (Wildman–Crippen LogP) is 2.45. The lowest BCUT2D eigenvalue weighted by atomic mass is 10.2. The van der Waals surface area contributed by atoms with E-state index in [0.717, 1.165) is 11.8 Å². The molecule has 0 amide bonds. The molecule has 1 rings (SSSR count). The van der Waals surface area contributed by atoms with Crippen LogP contribution in [0, 0.1) is 5.92 Å². The van der Waals surface area contributed by atoms with E-state index < -0.39 is 11.9 Å². The summed E-state index contributed by atoms with van der Waals surface area (Å²) in [5.74, 6) is -1.42. The van der Waals surface area contributed by atoms with Crippen molar-refractivity contribution in [1.82, 2.24) is 0 Å². The molecule has 0 aliphatic rings. The van der Waals surface area contributed by atoms with Crippen molar-refractivity contribution in [1.29, 1.82) is 0 Å². The van der Waals surface area contributed by atoms with Gasteiger partial charge in [-0.2, -0.15) is 0 Å². The van der Waals surface area contributed by atoms with Crippen LogP contribution >= 0.6 is 11.8 Å². The minimum Gasteiger partial charge on any atom is -0.481 e. The van der Waals surface area contributed by atoms with Crippen LogP contribution in [0.2, 0.25) is 0 Å². The van der Waals surface area contributed by atoms with Crippen LogP contribution in [0.25, 0.3) is 0 Å². The monoisotopic (exact) mass is 236 g/mol. The summed E-state index contributed by atoms with van der Waals surface area (Å²) in [5, 5.41) is 8.64. The van der Waals surface area contributed by atoms with E-state index in [1.54, 1.807) is 24.3 Å². The molecule has 0 fully saturated rings. The Morgan fingerprint density at radius 1 is 1.38 bits per heavy atom. The van der Waals surface area contributed by atoms with Gasteiger partial charge in [-0.15, -0.1) is 6.58 Å². The van der Waals surface area contributed by atoms with Gasteiger partial charge >= 0.3 is 5.97 Å². The second-order valence-corrected chi connectivity index (χ2v) is 4.14. The molecule has 3 nitrogen and oxygen atoms in total. The number of carboxylic acid groups (broad SMARTS) is 1. The zero-order valence-corrected chi connectivity index (χ0v) is 9.44. The summed E-state index contributed by atoms with van der Waals surface area (Å²) in [5.41, 5.74) is 0.584. The molecule has 1 aromatic carbocycles. The highest BCUT2D eigenvalue weighted by atomic mass is 32.2. The van der Waals surface area contributed by atoms with E-state index in [1.165, 1.54) is 6.08 Å². The highest BCUT2D eigenvalue weighted by Crippen LogP contribution is 2.16. The Morgan fingerprint density at radius 3 is 2.50 bits per heavy atom. The van der Waals surface area contributed by atoms with Gasteiger partial charge in [0.25, 0.3) is 0 Å². The molecule has 84 valence electrons. The lowest BCUT2D eigenvalue weighted by Gasteiger charge is -2.05. The molecule has 1 unspecified atom stereocenters. The zero-order chi connectivity index (χ0) is 12.0. The molecular weight excluding hydrogens is 224 g/mol. The Hall–Kier alpha value is -1.55. The topological polar surface area (TPSA) is 54.4 Å². The van der Waals surface area contributed by atoms with E-state index in [0.29, 0.717) is 5.56 Å². The quantitative estimate of drug-likeness (QED) is 0.798. The summed E-state index contributed by atoms with van der Waals surface area (Å²) in [4.78, 5) is 22.3. The standard InChI is InChI=1S/C12H12O3S/c1-2-9(11(13)14)8-16-12(15)10-6-4-3-5-7-10/h2-7,9H,1,8H2,(H,13,14). The first-order valence-electron chi connectivity index (χ1n) is 4.72. The highest BCUT2D eigenvalue weighted by molar-refractivity contribution is 8.14. The number of hydrogen-bond acceptors (Lipinski definition) is 3. The van der Waals surface area contributed by atoms with Crippen molar-refractivity contribution < 1.29 is 14.7 Å². The first-order chi connectivity index (χ1) is 7.65. The summed E-state index contributed by atoms with van der Waals surface area (Å²) in [6.07, 6.45) is 1.34. The normalized spacial score (nSPS) is 11.8. The molecule has 1 atom stereocenters. The fourth-order valence-corrected chi connectivity index (χ4v) is 1.98. The van der Waals surface area contributed by atoms with Gasteiger partial charge in [-0.25, -0.2) is 0 Å². The Morgan fingerprint density at radius 2 is 2.00 bits per heavy atom. The lowest BCUT2D eigenvalue weighted by molar-refractivity contribution is -0.139. The van der Waals surface area contributed by atoms with E-state index in [1.807, 2.05) is 6.07 Å². The van der Waals surface area contributed by atoms with Crippen molar-refractivity contribution in [3.8, 4) is 0 Å². The molecule has 1 N–H and O–H groups in total. The number of rotatable bonds is 5. The van der Waals surface area contributed by atoms with Crippen molar-refractivity contribution in [3.63, 3.8) is 0 Å². The molecule has 0 spiro atoms. The molecule has 0 bridgehead atoms. The van der Waals surface area contributed by atoms with Crippen LogP contribution in [0.1, 0.15) is 10.4 Å². The lowest BCUT2D eigenvalue weighted by Crippen LogP contribution is -2.14. The summed E-state index contributed by atoms with van der Waals surface area (Å²) in [6.45, 7) is 3.43. The van der Waals surface area contributed by atoms with Gasteiger partial charge in [0.1, 0.15) is 0 Å². The van der Waals surface area contributed by atoms with E-state index in [9.17, 15) is 9.59 Å². The molecule has 16 heavy (non-hydrogen) atoms. The first-order valence-corrected chi connectivity index (χ1v) is 5.71. The maximum atomic E-state index is 11.6. The van der Waals surface area contributed by atoms with E-state index >= 15 is 0 Å². The second-order valence-electron chi connectivity index (χ2n) is 3.14. The fourth-order valence-electron chi connectivity index (χ4n) is 1.06. The summed E-state index contributed by atoms with van der Waals surface area (Å²) >= 11 is 1.000. The molecule has 0 saturated heterocycles. The number of aliphatic carboxylic acids is 1. The Labute approximate surface area is 98.2 Å². The smallest absolute Gasteiger partial charge is 0.311 e. The molecule has 0 aliphatic carbocycles. The van der Waals surface area contributed by atoms with Gasteiger partial charge in [-0.1, -0.05) is 48.2 Å². The number of carboxylic acids is 1. The Kier molecular flexibility index (Phi) is 4.79. The van der Waals surface area contributed by atoms with E-state index in [-0.39, 0.29) is 10.9 Å². The van der Waals surface area contributed by atoms with Crippen LogP contribution < -0.4 is 0 Å². The molecular formula is C12H12O3S. The summed E-state index contributed by atoms with van der Waals surface area (Å²) < 4.78 is 0. The maximum absolute atomic E-state index is 11.6. The SMILES string of the molecule is C=CC(CSC(=O)c1ccccc1)C(=O)O. The van der Waals surface area contributed by atoms with Crippen molar-refractivity contribution >= 4 is 22.8 Å². The Bertz CT molecular complexity index is 387. The molecule has 1 aromatic rings. The predicted molar refractivity (Wildman–Crippen MR) is 64.6 cm³/mol. The van der Waals surface area contributed by atoms with Crippen molar-refractivity contribution in [2.45, 2.75) is 0 Å². The third-order valence-electron chi connectivity index (χ3n) is 2.01. The minimum absolute atomic E-state index is 0.117. The number of hydrogen-bond donors (Lipinski definition) is 1. The maximum Gasteiger partial charge on any atom is 0.311 e. The minimum atomic E-state index is -0.955. The van der Waals surface area contributed by atoms with Crippen molar-refractivity contribution in [3.05, 3.63) is 48.6 Å². The van der Waals surface area contributed by atoms with Gasteiger partial charge in [0, 0.05) is 11.3 Å². The van der Waals surface area contributed by atoms with Gasteiger partial charge < -0.3 is 5.11 Å². The number of thioether (sulfide) groups is 1. The molecule has 4 heteroatoms. The van der Waals surface area contributed by atoms with Crippen LogP contribution in [0.15, 0.2) is 43.0 Å². The van der Waals surface area contributed by atoms with Gasteiger partial charge in [-0.3, -0.25) is 9.59 Å². The zero-order valence-electron chi connectivity index (χ0n) is 8.63. The largest absolute Gasteiger partial charge is 0.481 e. The first kappa shape index (κ1) is 12.5. The third kappa shape index (κ3) is 3.55. The number of carbonyl (C=O) groups is 2. The highest BCUT2D eigenvalue weighted by Gasteiger charge is 2.16. The van der Waals surface area contributed by atoms with Gasteiger partial charge in [0.05, 0.1) is 5.92 Å². The van der Waals surface area contributed by atoms with Crippen LogP contribution in [0.4, 0.5) is 0 Å².